The molecular formula is C13H26N2O2. The summed E-state index contributed by atoms with van der Waals surface area (Å²) >= 11 is 0. The van der Waals surface area contributed by atoms with E-state index < -0.39 is 0 Å². The Morgan fingerprint density at radius 3 is 2.41 bits per heavy atom. The first-order chi connectivity index (χ1) is 8.11. The summed E-state index contributed by atoms with van der Waals surface area (Å²) in [6.07, 6.45) is 7.74. The summed E-state index contributed by atoms with van der Waals surface area (Å²) in [6, 6.07) is -0.149. The van der Waals surface area contributed by atoms with Gasteiger partial charge in [0.15, 0.2) is 0 Å². The van der Waals surface area contributed by atoms with Gasteiger partial charge >= 0.3 is 6.03 Å². The Labute approximate surface area is 104 Å². The summed E-state index contributed by atoms with van der Waals surface area (Å²) in [5.41, 5.74) is 0. The number of carbonyl (C=O) groups excluding carboxylic acids is 1. The molecule has 0 spiro atoms. The van der Waals surface area contributed by atoms with Gasteiger partial charge in [0.2, 0.25) is 0 Å². The largest absolute Gasteiger partial charge is 0.394 e. The van der Waals surface area contributed by atoms with E-state index >= 15 is 0 Å². The van der Waals surface area contributed by atoms with Crippen LogP contribution in [0.5, 0.6) is 0 Å². The molecule has 2 amide bonds. The van der Waals surface area contributed by atoms with Gasteiger partial charge in [-0.05, 0) is 32.6 Å². The summed E-state index contributed by atoms with van der Waals surface area (Å²) in [6.45, 7) is 3.80. The summed E-state index contributed by atoms with van der Waals surface area (Å²) in [5.74, 6) is 0.874. The maximum atomic E-state index is 11.5. The fraction of sp³-hybridized carbons (Fsp3) is 0.923. The normalized spacial score (nSPS) is 19.9. The van der Waals surface area contributed by atoms with Crippen LogP contribution in [0.1, 0.15) is 52.4 Å². The second-order valence-corrected chi connectivity index (χ2v) is 5.33. The minimum absolute atomic E-state index is 0.0239. The number of aliphatic hydroxyl groups is 1. The van der Waals surface area contributed by atoms with Crippen LogP contribution >= 0.6 is 0 Å². The van der Waals surface area contributed by atoms with Gasteiger partial charge in [-0.1, -0.05) is 25.7 Å². The zero-order valence-corrected chi connectivity index (χ0v) is 11.0. The van der Waals surface area contributed by atoms with Crippen molar-refractivity contribution >= 4 is 6.03 Å². The van der Waals surface area contributed by atoms with Crippen molar-refractivity contribution in [2.45, 2.75) is 64.5 Å². The van der Waals surface area contributed by atoms with Gasteiger partial charge in [0, 0.05) is 6.04 Å². The van der Waals surface area contributed by atoms with Crippen LogP contribution in [0.25, 0.3) is 0 Å². The van der Waals surface area contributed by atoms with Crippen molar-refractivity contribution in [3.63, 3.8) is 0 Å². The van der Waals surface area contributed by atoms with E-state index in [2.05, 4.69) is 10.6 Å². The standard InChI is InChI=1S/C13H26N2O2/c1-10(7-8-12-5-3-4-6-12)14-13(17)15-11(2)9-16/h10-12,16H,3-9H2,1-2H3,(H2,14,15,17). The molecule has 4 heteroatoms. The van der Waals surface area contributed by atoms with Crippen LogP contribution in [0.3, 0.4) is 0 Å². The zero-order valence-electron chi connectivity index (χ0n) is 11.0. The van der Waals surface area contributed by atoms with Crippen LogP contribution in [-0.2, 0) is 0 Å². The second kappa shape index (κ2) is 7.54. The number of urea groups is 1. The summed E-state index contributed by atoms with van der Waals surface area (Å²) < 4.78 is 0. The highest BCUT2D eigenvalue weighted by Gasteiger charge is 2.16. The van der Waals surface area contributed by atoms with Crippen LogP contribution in [-0.4, -0.2) is 29.8 Å². The van der Waals surface area contributed by atoms with Crippen LogP contribution in [0.4, 0.5) is 4.79 Å². The zero-order chi connectivity index (χ0) is 12.7. The first kappa shape index (κ1) is 14.3. The molecule has 0 aromatic carbocycles. The third-order valence-corrected chi connectivity index (χ3v) is 3.51. The van der Waals surface area contributed by atoms with E-state index in [1.807, 2.05) is 6.92 Å². The van der Waals surface area contributed by atoms with Gasteiger partial charge in [0.1, 0.15) is 0 Å². The summed E-state index contributed by atoms with van der Waals surface area (Å²) in [4.78, 5) is 11.5. The lowest BCUT2D eigenvalue weighted by atomic mass is 9.99. The molecule has 0 heterocycles. The first-order valence-electron chi connectivity index (χ1n) is 6.79. The quantitative estimate of drug-likeness (QED) is 0.667. The van der Waals surface area contributed by atoms with Gasteiger partial charge in [0.05, 0.1) is 12.6 Å². The van der Waals surface area contributed by atoms with Crippen LogP contribution in [0, 0.1) is 5.92 Å². The van der Waals surface area contributed by atoms with E-state index in [1.54, 1.807) is 6.92 Å². The summed E-state index contributed by atoms with van der Waals surface area (Å²) in [7, 11) is 0. The van der Waals surface area contributed by atoms with Gasteiger partial charge < -0.3 is 15.7 Å². The fourth-order valence-corrected chi connectivity index (χ4v) is 2.39. The second-order valence-electron chi connectivity index (χ2n) is 5.33. The molecule has 0 radical (unpaired) electrons. The molecule has 1 rings (SSSR count). The predicted octanol–water partition coefficient (Wildman–Crippen LogP) is 2.03. The number of rotatable bonds is 6. The highest BCUT2D eigenvalue weighted by Crippen LogP contribution is 2.28. The highest BCUT2D eigenvalue weighted by atomic mass is 16.3. The van der Waals surface area contributed by atoms with Crippen molar-refractivity contribution < 1.29 is 9.90 Å². The predicted molar refractivity (Wildman–Crippen MR) is 68.9 cm³/mol. The number of hydrogen-bond donors (Lipinski definition) is 3. The molecule has 0 aromatic heterocycles. The Morgan fingerprint density at radius 1 is 1.24 bits per heavy atom. The van der Waals surface area contributed by atoms with E-state index in [4.69, 9.17) is 5.11 Å². The molecule has 3 N–H and O–H groups in total. The van der Waals surface area contributed by atoms with Crippen molar-refractivity contribution in [3.05, 3.63) is 0 Å². The fourth-order valence-electron chi connectivity index (χ4n) is 2.39. The van der Waals surface area contributed by atoms with Crippen molar-refractivity contribution in [3.8, 4) is 0 Å². The monoisotopic (exact) mass is 242 g/mol. The molecule has 4 nitrogen and oxygen atoms in total. The molecule has 1 fully saturated rings. The topological polar surface area (TPSA) is 61.4 Å². The lowest BCUT2D eigenvalue weighted by Gasteiger charge is -2.18. The third kappa shape index (κ3) is 5.91. The van der Waals surface area contributed by atoms with Gasteiger partial charge in [0.25, 0.3) is 0 Å². The first-order valence-corrected chi connectivity index (χ1v) is 6.79. The van der Waals surface area contributed by atoms with E-state index in [0.717, 1.165) is 12.3 Å². The van der Waals surface area contributed by atoms with Gasteiger partial charge in [-0.15, -0.1) is 0 Å². The van der Waals surface area contributed by atoms with Gasteiger partial charge in [-0.25, -0.2) is 4.79 Å². The minimum atomic E-state index is -0.183. The molecule has 0 aromatic rings. The van der Waals surface area contributed by atoms with Crippen LogP contribution < -0.4 is 10.6 Å². The van der Waals surface area contributed by atoms with Crippen molar-refractivity contribution in [1.82, 2.24) is 10.6 Å². The van der Waals surface area contributed by atoms with E-state index in [1.165, 1.54) is 32.1 Å². The Bertz CT molecular complexity index is 227. The van der Waals surface area contributed by atoms with Crippen molar-refractivity contribution in [1.29, 1.82) is 0 Å². The molecular weight excluding hydrogens is 216 g/mol. The number of nitrogens with one attached hydrogen (secondary N) is 2. The highest BCUT2D eigenvalue weighted by molar-refractivity contribution is 5.74. The molecule has 1 saturated carbocycles. The Hall–Kier alpha value is -0.770. The number of amides is 2. The molecule has 2 unspecified atom stereocenters. The lowest BCUT2D eigenvalue weighted by molar-refractivity contribution is 0.217. The van der Waals surface area contributed by atoms with Crippen molar-refractivity contribution in [2.24, 2.45) is 5.92 Å². The van der Waals surface area contributed by atoms with Gasteiger partial charge in [-0.3, -0.25) is 0 Å². The van der Waals surface area contributed by atoms with E-state index in [0.29, 0.717) is 0 Å². The lowest BCUT2D eigenvalue weighted by Crippen LogP contribution is -2.45. The Balaban J connectivity index is 2.10. The Kier molecular flexibility index (Phi) is 6.34. The molecule has 0 saturated heterocycles. The average Bonchev–Trinajstić information content (AvgIpc) is 2.78. The Morgan fingerprint density at radius 2 is 1.82 bits per heavy atom. The van der Waals surface area contributed by atoms with Gasteiger partial charge in [-0.2, -0.15) is 0 Å². The third-order valence-electron chi connectivity index (χ3n) is 3.51. The molecule has 17 heavy (non-hydrogen) atoms. The molecule has 2 atom stereocenters. The van der Waals surface area contributed by atoms with Crippen LogP contribution in [0.2, 0.25) is 0 Å². The molecule has 1 aliphatic carbocycles. The maximum Gasteiger partial charge on any atom is 0.315 e. The minimum Gasteiger partial charge on any atom is -0.394 e. The summed E-state index contributed by atoms with van der Waals surface area (Å²) in [5, 5.41) is 14.4. The molecule has 0 aliphatic heterocycles. The van der Waals surface area contributed by atoms with E-state index in [-0.39, 0.29) is 24.7 Å². The van der Waals surface area contributed by atoms with Crippen molar-refractivity contribution in [2.75, 3.05) is 6.61 Å². The number of hydrogen-bond acceptors (Lipinski definition) is 2. The molecule has 0 bridgehead atoms. The SMILES string of the molecule is CC(CO)NC(=O)NC(C)CCC1CCCC1. The number of carbonyl (C=O) groups is 1. The average molecular weight is 242 g/mol. The number of aliphatic hydroxyl groups excluding tert-OH is 1. The van der Waals surface area contributed by atoms with Crippen LogP contribution in [0.15, 0.2) is 0 Å². The smallest absolute Gasteiger partial charge is 0.315 e. The van der Waals surface area contributed by atoms with E-state index in [9.17, 15) is 4.79 Å². The molecule has 100 valence electrons. The molecule has 1 aliphatic rings. The maximum absolute atomic E-state index is 11.5.